The van der Waals surface area contributed by atoms with Crippen molar-refractivity contribution in [3.8, 4) is 0 Å². The van der Waals surface area contributed by atoms with Crippen molar-refractivity contribution in [2.24, 2.45) is 0 Å². The number of aryl methyl sites for hydroxylation is 3. The van der Waals surface area contributed by atoms with Gasteiger partial charge in [-0.05, 0) is 159 Å². The number of carbonyl (C=O) groups is 3. The fourth-order valence-electron chi connectivity index (χ4n) is 6.46. The third kappa shape index (κ3) is 15.1. The first-order valence-corrected chi connectivity index (χ1v) is 22.3. The van der Waals surface area contributed by atoms with Crippen molar-refractivity contribution >= 4 is 53.2 Å². The summed E-state index contributed by atoms with van der Waals surface area (Å²) >= 11 is 5.23. The maximum atomic E-state index is 11.2. The van der Waals surface area contributed by atoms with Crippen molar-refractivity contribution in [2.75, 3.05) is 0 Å². The van der Waals surface area contributed by atoms with Crippen LogP contribution in [0.3, 0.4) is 0 Å². The first-order chi connectivity index (χ1) is 28.7. The van der Waals surface area contributed by atoms with Gasteiger partial charge in [0.2, 0.25) is 0 Å². The molecule has 0 bridgehead atoms. The van der Waals surface area contributed by atoms with Crippen LogP contribution in [0.4, 0.5) is 0 Å². The fourth-order valence-corrected chi connectivity index (χ4v) is 9.49. The van der Waals surface area contributed by atoms with E-state index in [2.05, 4.69) is 100 Å². The van der Waals surface area contributed by atoms with Crippen LogP contribution in [-0.4, -0.2) is 33.2 Å². The van der Waals surface area contributed by atoms with E-state index in [1.807, 2.05) is 68.4 Å². The van der Waals surface area contributed by atoms with Crippen LogP contribution in [0, 0.1) is 41.5 Å². The molecule has 6 rings (SSSR count). The summed E-state index contributed by atoms with van der Waals surface area (Å²) in [4.78, 5) is 40.2. The lowest BCUT2D eigenvalue weighted by atomic mass is 9.88. The second-order valence-electron chi connectivity index (χ2n) is 14.4. The Balaban J connectivity index is 0.000000216. The molecule has 6 aromatic carbocycles. The summed E-state index contributed by atoms with van der Waals surface area (Å²) < 4.78 is 0. The molecule has 9 heteroatoms. The normalized spacial score (nSPS) is 10.5. The number of carboxylic acids is 3. The summed E-state index contributed by atoms with van der Waals surface area (Å²) in [5.41, 5.74) is 10.1. The van der Waals surface area contributed by atoms with E-state index in [4.69, 9.17) is 10.2 Å². The first-order valence-electron chi connectivity index (χ1n) is 19.8. The van der Waals surface area contributed by atoms with Crippen molar-refractivity contribution in [1.82, 2.24) is 0 Å². The molecule has 6 nitrogen and oxygen atoms in total. The fraction of sp³-hybridized carbons (Fsp3) is 0.235. The number of hydrogen-bond donors (Lipinski definition) is 3. The lowest BCUT2D eigenvalue weighted by Gasteiger charge is -2.23. The van der Waals surface area contributed by atoms with Crippen molar-refractivity contribution in [3.63, 3.8) is 0 Å². The lowest BCUT2D eigenvalue weighted by Crippen LogP contribution is -2.10. The van der Waals surface area contributed by atoms with Gasteiger partial charge in [-0.3, -0.25) is 14.4 Å². The zero-order valence-corrected chi connectivity index (χ0v) is 37.6. The van der Waals surface area contributed by atoms with Gasteiger partial charge in [0.15, 0.2) is 0 Å². The Labute approximate surface area is 367 Å². The number of carboxylic acid groups (broad SMARTS) is 3. The Bertz CT molecular complexity index is 2290. The van der Waals surface area contributed by atoms with Gasteiger partial charge in [0.1, 0.15) is 0 Å². The summed E-state index contributed by atoms with van der Waals surface area (Å²) in [6.45, 7) is 12.5. The number of hydrogen-bond acceptors (Lipinski definition) is 6. The molecule has 312 valence electrons. The molecule has 0 aromatic heterocycles. The monoisotopic (exact) mass is 858 g/mol. The minimum atomic E-state index is -0.841. The van der Waals surface area contributed by atoms with Gasteiger partial charge in [0, 0.05) is 48.6 Å². The predicted octanol–water partition coefficient (Wildman–Crippen LogP) is 13.4. The smallest absolute Gasteiger partial charge is 0.303 e. The average Bonchev–Trinajstić information content (AvgIpc) is 3.23. The maximum absolute atomic E-state index is 11.2. The average molecular weight is 859 g/mol. The van der Waals surface area contributed by atoms with Crippen LogP contribution in [-0.2, 0) is 33.6 Å². The van der Waals surface area contributed by atoms with Gasteiger partial charge in [-0.15, -0.1) is 0 Å². The molecule has 0 radical (unpaired) electrons. The van der Waals surface area contributed by atoms with Crippen molar-refractivity contribution in [2.45, 2.75) is 109 Å². The molecule has 0 saturated carbocycles. The highest BCUT2D eigenvalue weighted by Crippen LogP contribution is 2.42. The Morgan fingerprint density at radius 1 is 0.383 bits per heavy atom. The minimum absolute atomic E-state index is 0.0377. The van der Waals surface area contributed by atoms with E-state index >= 15 is 0 Å². The van der Waals surface area contributed by atoms with E-state index in [9.17, 15) is 19.5 Å². The van der Waals surface area contributed by atoms with Gasteiger partial charge >= 0.3 is 17.9 Å². The van der Waals surface area contributed by atoms with Crippen LogP contribution in [0.1, 0.15) is 69.3 Å². The topological polar surface area (TPSA) is 112 Å². The first kappa shape index (κ1) is 47.5. The molecule has 6 aromatic rings. The largest absolute Gasteiger partial charge is 0.481 e. The molecule has 0 amide bonds. The van der Waals surface area contributed by atoms with Crippen LogP contribution < -0.4 is 0 Å². The van der Waals surface area contributed by atoms with E-state index in [1.54, 1.807) is 35.3 Å². The van der Waals surface area contributed by atoms with E-state index in [1.165, 1.54) is 41.2 Å². The van der Waals surface area contributed by atoms with Crippen molar-refractivity contribution in [3.05, 3.63) is 177 Å². The Morgan fingerprint density at radius 3 is 1.20 bits per heavy atom. The second kappa shape index (κ2) is 24.1. The summed E-state index contributed by atoms with van der Waals surface area (Å²) in [7, 11) is 0. The molecule has 0 atom stereocenters. The summed E-state index contributed by atoms with van der Waals surface area (Å²) in [6.07, 6.45) is 1.69. The third-order valence-electron chi connectivity index (χ3n) is 10.0. The SMILES string of the molecule is Cc1ccc(C)c(Sc2c(C)c(C)c(CCC(=O)O)c(CCC(=O)O)c2C)c1C.O=C(O)CCc1ccc(Sc2ccccc2)cc1.c1ccc(Sc2ccccc2)cc1. The zero-order chi connectivity index (χ0) is 43.6. The Morgan fingerprint density at radius 2 is 0.767 bits per heavy atom. The number of rotatable bonds is 15. The van der Waals surface area contributed by atoms with Crippen LogP contribution in [0.2, 0.25) is 0 Å². The van der Waals surface area contributed by atoms with E-state index in [0.29, 0.717) is 19.3 Å². The van der Waals surface area contributed by atoms with Gasteiger partial charge in [0.25, 0.3) is 0 Å². The maximum Gasteiger partial charge on any atom is 0.303 e. The summed E-state index contributed by atoms with van der Waals surface area (Å²) in [5, 5.41) is 27.0. The molecule has 0 unspecified atom stereocenters. The molecule has 60 heavy (non-hydrogen) atoms. The molecule has 0 aliphatic rings. The van der Waals surface area contributed by atoms with E-state index in [0.717, 1.165) is 38.3 Å². The molecular weight excluding hydrogens is 805 g/mol. The molecule has 3 N–H and O–H groups in total. The quantitative estimate of drug-likeness (QED) is 0.0929. The van der Waals surface area contributed by atoms with Gasteiger partial charge in [-0.1, -0.05) is 114 Å². The highest BCUT2D eigenvalue weighted by Gasteiger charge is 2.21. The molecule has 0 saturated heterocycles. The Hall–Kier alpha value is -5.22. The van der Waals surface area contributed by atoms with Gasteiger partial charge in [-0.25, -0.2) is 0 Å². The highest BCUT2D eigenvalue weighted by atomic mass is 32.2. The standard InChI is InChI=1S/C24H30O4S.C15H14O2S.C12H10S/c1-13-7-8-14(2)23(15(13)3)29-24-17(5)16(4)19(9-11-21(25)26)20(18(24)6)10-12-22(27)28;16-15(17)11-8-12-6-9-14(10-7-12)18-13-4-2-1-3-5-13;1-3-7-11(8-4-1)13-12-9-5-2-6-10-12/h7-8H,9-12H2,1-6H3,(H,25,26)(H,27,28);1-7,9-10H,8,11H2,(H,16,17);1-10H. The summed E-state index contributed by atoms with van der Waals surface area (Å²) in [5.74, 6) is -2.43. The van der Waals surface area contributed by atoms with Crippen molar-refractivity contribution in [1.29, 1.82) is 0 Å². The molecule has 0 fully saturated rings. The molecule has 0 aliphatic carbocycles. The number of benzene rings is 6. The van der Waals surface area contributed by atoms with Crippen LogP contribution >= 0.6 is 35.3 Å². The predicted molar refractivity (Wildman–Crippen MR) is 247 cm³/mol. The van der Waals surface area contributed by atoms with Gasteiger partial charge < -0.3 is 15.3 Å². The van der Waals surface area contributed by atoms with E-state index < -0.39 is 17.9 Å². The van der Waals surface area contributed by atoms with Gasteiger partial charge in [-0.2, -0.15) is 0 Å². The highest BCUT2D eigenvalue weighted by molar-refractivity contribution is 8.00. The van der Waals surface area contributed by atoms with Crippen LogP contribution in [0.15, 0.2) is 157 Å². The summed E-state index contributed by atoms with van der Waals surface area (Å²) in [6, 6.07) is 43.3. The number of aliphatic carboxylic acids is 3. The molecule has 0 aliphatic heterocycles. The Kier molecular flexibility index (Phi) is 19.1. The zero-order valence-electron chi connectivity index (χ0n) is 35.2. The van der Waals surface area contributed by atoms with Crippen LogP contribution in [0.25, 0.3) is 0 Å². The third-order valence-corrected chi connectivity index (χ3v) is 13.7. The minimum Gasteiger partial charge on any atom is -0.481 e. The molecule has 0 heterocycles. The molecule has 0 spiro atoms. The second-order valence-corrected chi connectivity index (χ2v) is 17.7. The van der Waals surface area contributed by atoms with Crippen molar-refractivity contribution < 1.29 is 29.7 Å². The van der Waals surface area contributed by atoms with Gasteiger partial charge in [0.05, 0.1) is 0 Å². The molecular formula is C51H54O6S3. The van der Waals surface area contributed by atoms with E-state index in [-0.39, 0.29) is 19.3 Å². The van der Waals surface area contributed by atoms with Crippen LogP contribution in [0.5, 0.6) is 0 Å². The lowest BCUT2D eigenvalue weighted by molar-refractivity contribution is -0.138.